The average molecular weight is 406 g/mol. The summed E-state index contributed by atoms with van der Waals surface area (Å²) in [5.41, 5.74) is 2.04. The quantitative estimate of drug-likeness (QED) is 0.655. The number of anilines is 1. The van der Waals surface area contributed by atoms with Crippen molar-refractivity contribution in [3.05, 3.63) is 60.0 Å². The highest BCUT2D eigenvalue weighted by molar-refractivity contribution is 5.97. The molecule has 8 heteroatoms. The van der Waals surface area contributed by atoms with Gasteiger partial charge in [-0.05, 0) is 63.2 Å². The Labute approximate surface area is 175 Å². The third-order valence-electron chi connectivity index (χ3n) is 5.41. The molecule has 0 radical (unpaired) electrons. The number of hydrogen-bond acceptors (Lipinski definition) is 5. The second kappa shape index (κ2) is 9.04. The number of nitrogens with one attached hydrogen (secondary N) is 2. The lowest BCUT2D eigenvalue weighted by molar-refractivity contribution is -0.117. The van der Waals surface area contributed by atoms with Crippen LogP contribution in [-0.2, 0) is 4.79 Å². The zero-order valence-corrected chi connectivity index (χ0v) is 17.0. The Balaban J connectivity index is 1.30. The Hall–Kier alpha value is -3.26. The number of likely N-dealkylation sites (tertiary alicyclic amines) is 1. The van der Waals surface area contributed by atoms with E-state index in [1.165, 1.54) is 0 Å². The summed E-state index contributed by atoms with van der Waals surface area (Å²) in [7, 11) is 0. The van der Waals surface area contributed by atoms with Crippen LogP contribution < -0.4 is 10.6 Å². The molecule has 1 aromatic carbocycles. The number of nitrogens with zero attached hydrogens (tertiary/aromatic N) is 4. The van der Waals surface area contributed by atoms with Crippen molar-refractivity contribution in [1.29, 1.82) is 0 Å². The highest BCUT2D eigenvalue weighted by Crippen LogP contribution is 2.27. The molecule has 0 bridgehead atoms. The van der Waals surface area contributed by atoms with E-state index in [-0.39, 0.29) is 11.8 Å². The van der Waals surface area contributed by atoms with Gasteiger partial charge in [-0.1, -0.05) is 12.1 Å². The summed E-state index contributed by atoms with van der Waals surface area (Å²) in [6, 6.07) is 12.9. The first-order chi connectivity index (χ1) is 14.6. The lowest BCUT2D eigenvalue weighted by Gasteiger charge is -2.30. The van der Waals surface area contributed by atoms with Crippen molar-refractivity contribution >= 4 is 23.1 Å². The van der Waals surface area contributed by atoms with Crippen molar-refractivity contribution in [3.8, 4) is 0 Å². The maximum Gasteiger partial charge on any atom is 0.251 e. The Bertz CT molecular complexity index is 1040. The molecule has 3 heterocycles. The molecule has 0 spiro atoms. The molecule has 0 atom stereocenters. The Kier molecular flexibility index (Phi) is 6.04. The number of carbonyl (C=O) groups is 2. The zero-order chi connectivity index (χ0) is 20.9. The SMILES string of the molecule is CCNC(=O)c1cccc(NC(=O)CN2CCC(c3nnc4ccccn34)CC2)c1. The van der Waals surface area contributed by atoms with Gasteiger partial charge in [0, 0.05) is 29.9 Å². The summed E-state index contributed by atoms with van der Waals surface area (Å²) >= 11 is 0. The highest BCUT2D eigenvalue weighted by Gasteiger charge is 2.25. The summed E-state index contributed by atoms with van der Waals surface area (Å²) in [4.78, 5) is 26.6. The number of aromatic nitrogens is 3. The summed E-state index contributed by atoms with van der Waals surface area (Å²) in [6.07, 6.45) is 3.88. The fraction of sp³-hybridized carbons (Fsp3) is 0.364. The summed E-state index contributed by atoms with van der Waals surface area (Å²) in [5.74, 6) is 1.12. The van der Waals surface area contributed by atoms with E-state index >= 15 is 0 Å². The molecule has 1 fully saturated rings. The molecular weight excluding hydrogens is 380 g/mol. The third-order valence-corrected chi connectivity index (χ3v) is 5.41. The van der Waals surface area contributed by atoms with Gasteiger partial charge in [0.25, 0.3) is 5.91 Å². The van der Waals surface area contributed by atoms with Crippen molar-refractivity contribution in [2.24, 2.45) is 0 Å². The van der Waals surface area contributed by atoms with E-state index in [0.29, 0.717) is 30.3 Å². The molecule has 1 saturated heterocycles. The minimum Gasteiger partial charge on any atom is -0.352 e. The van der Waals surface area contributed by atoms with E-state index in [4.69, 9.17) is 0 Å². The number of fused-ring (bicyclic) bond motifs is 1. The molecule has 1 aliphatic heterocycles. The van der Waals surface area contributed by atoms with Gasteiger partial charge in [0.1, 0.15) is 5.82 Å². The van der Waals surface area contributed by atoms with Crippen molar-refractivity contribution < 1.29 is 9.59 Å². The second-order valence-electron chi connectivity index (χ2n) is 7.53. The maximum atomic E-state index is 12.5. The predicted octanol–water partition coefficient (Wildman–Crippen LogP) is 2.30. The average Bonchev–Trinajstić information content (AvgIpc) is 3.19. The van der Waals surface area contributed by atoms with E-state index in [0.717, 1.165) is 37.4 Å². The normalized spacial score (nSPS) is 15.2. The highest BCUT2D eigenvalue weighted by atomic mass is 16.2. The van der Waals surface area contributed by atoms with E-state index < -0.39 is 0 Å². The lowest BCUT2D eigenvalue weighted by Crippen LogP contribution is -2.39. The van der Waals surface area contributed by atoms with Crippen LogP contribution in [0.1, 0.15) is 41.9 Å². The van der Waals surface area contributed by atoms with E-state index in [2.05, 4.69) is 30.1 Å². The summed E-state index contributed by atoms with van der Waals surface area (Å²) < 4.78 is 2.05. The van der Waals surface area contributed by atoms with Crippen LogP contribution in [0.2, 0.25) is 0 Å². The first kappa shape index (κ1) is 20.0. The third kappa shape index (κ3) is 4.49. The van der Waals surface area contributed by atoms with Gasteiger partial charge >= 0.3 is 0 Å². The Morgan fingerprint density at radius 2 is 1.93 bits per heavy atom. The van der Waals surface area contributed by atoms with Gasteiger partial charge in [-0.15, -0.1) is 10.2 Å². The van der Waals surface area contributed by atoms with Crippen LogP contribution in [0.15, 0.2) is 48.7 Å². The number of carbonyl (C=O) groups excluding carboxylic acids is 2. The number of hydrogen-bond donors (Lipinski definition) is 2. The van der Waals surface area contributed by atoms with Crippen molar-refractivity contribution in [2.75, 3.05) is 31.5 Å². The molecule has 2 N–H and O–H groups in total. The minimum atomic E-state index is -0.142. The standard InChI is InChI=1S/C22H26N6O2/c1-2-23-22(30)17-6-5-7-18(14-17)24-20(29)15-27-12-9-16(10-13-27)21-26-25-19-8-3-4-11-28(19)21/h3-8,11,14,16H,2,9-10,12-13,15H2,1H3,(H,23,30)(H,24,29). The van der Waals surface area contributed by atoms with Crippen molar-refractivity contribution in [2.45, 2.75) is 25.7 Å². The van der Waals surface area contributed by atoms with Crippen LogP contribution in [0.3, 0.4) is 0 Å². The van der Waals surface area contributed by atoms with E-state index in [9.17, 15) is 9.59 Å². The van der Waals surface area contributed by atoms with Crippen LogP contribution in [0.5, 0.6) is 0 Å². The second-order valence-corrected chi connectivity index (χ2v) is 7.53. The largest absolute Gasteiger partial charge is 0.352 e. The molecular formula is C22H26N6O2. The van der Waals surface area contributed by atoms with Gasteiger partial charge in [0.15, 0.2) is 5.65 Å². The molecule has 156 valence electrons. The van der Waals surface area contributed by atoms with E-state index in [1.54, 1.807) is 24.3 Å². The van der Waals surface area contributed by atoms with Crippen LogP contribution in [0.4, 0.5) is 5.69 Å². The smallest absolute Gasteiger partial charge is 0.251 e. The summed E-state index contributed by atoms with van der Waals surface area (Å²) in [6.45, 7) is 4.43. The van der Waals surface area contributed by atoms with Gasteiger partial charge in [0.2, 0.25) is 5.91 Å². The first-order valence-corrected chi connectivity index (χ1v) is 10.3. The molecule has 0 unspecified atom stereocenters. The van der Waals surface area contributed by atoms with Crippen LogP contribution in [0.25, 0.3) is 5.65 Å². The van der Waals surface area contributed by atoms with Gasteiger partial charge in [-0.3, -0.25) is 18.9 Å². The topological polar surface area (TPSA) is 91.6 Å². The molecule has 1 aliphatic rings. The van der Waals surface area contributed by atoms with Crippen LogP contribution >= 0.6 is 0 Å². The molecule has 4 rings (SSSR count). The molecule has 30 heavy (non-hydrogen) atoms. The molecule has 0 aliphatic carbocycles. The molecule has 2 aromatic heterocycles. The summed E-state index contributed by atoms with van der Waals surface area (Å²) in [5, 5.41) is 14.3. The molecule has 0 saturated carbocycles. The van der Waals surface area contributed by atoms with Crippen LogP contribution in [0, 0.1) is 0 Å². The van der Waals surface area contributed by atoms with E-state index in [1.807, 2.05) is 31.3 Å². The zero-order valence-electron chi connectivity index (χ0n) is 17.0. The number of benzene rings is 1. The maximum absolute atomic E-state index is 12.5. The fourth-order valence-electron chi connectivity index (χ4n) is 3.89. The van der Waals surface area contributed by atoms with Crippen molar-refractivity contribution in [1.82, 2.24) is 24.8 Å². The molecule has 3 aromatic rings. The number of amides is 2. The van der Waals surface area contributed by atoms with Crippen molar-refractivity contribution in [3.63, 3.8) is 0 Å². The Morgan fingerprint density at radius 1 is 1.10 bits per heavy atom. The number of pyridine rings is 1. The van der Waals surface area contributed by atoms with Gasteiger partial charge < -0.3 is 10.6 Å². The first-order valence-electron chi connectivity index (χ1n) is 10.3. The molecule has 8 nitrogen and oxygen atoms in total. The predicted molar refractivity (Wildman–Crippen MR) is 114 cm³/mol. The van der Waals surface area contributed by atoms with Gasteiger partial charge in [-0.25, -0.2) is 0 Å². The van der Waals surface area contributed by atoms with Gasteiger partial charge in [-0.2, -0.15) is 0 Å². The van der Waals surface area contributed by atoms with Crippen LogP contribution in [-0.4, -0.2) is 57.5 Å². The fourth-order valence-corrected chi connectivity index (χ4v) is 3.89. The lowest BCUT2D eigenvalue weighted by atomic mass is 9.96. The van der Waals surface area contributed by atoms with Gasteiger partial charge in [0.05, 0.1) is 6.54 Å². The Morgan fingerprint density at radius 3 is 2.73 bits per heavy atom. The number of piperidine rings is 1. The molecule has 2 amide bonds. The number of rotatable bonds is 6. The monoisotopic (exact) mass is 406 g/mol. The minimum absolute atomic E-state index is 0.0746.